The largest absolute Gasteiger partial charge is 0.315 e. The summed E-state index contributed by atoms with van der Waals surface area (Å²) in [6.07, 6.45) is 1.63. The van der Waals surface area contributed by atoms with E-state index >= 15 is 0 Å². The average Bonchev–Trinajstić information content (AvgIpc) is 2.09. The van der Waals surface area contributed by atoms with E-state index in [1.54, 1.807) is 0 Å². The van der Waals surface area contributed by atoms with Crippen molar-refractivity contribution in [3.63, 3.8) is 0 Å². The van der Waals surface area contributed by atoms with Crippen LogP contribution in [0.5, 0.6) is 0 Å². The molecule has 0 aliphatic heterocycles. The molecule has 0 aromatic heterocycles. The predicted molar refractivity (Wildman–Crippen MR) is 60.1 cm³/mol. The summed E-state index contributed by atoms with van der Waals surface area (Å²) in [4.78, 5) is 2.16. The summed E-state index contributed by atoms with van der Waals surface area (Å²) in [5, 5.41) is 11.9. The monoisotopic (exact) mass is 197 g/mol. The fraction of sp³-hybridized carbons (Fsp3) is 0.909. The van der Waals surface area contributed by atoms with Gasteiger partial charge in [0.05, 0.1) is 6.07 Å². The molecule has 0 spiro atoms. The van der Waals surface area contributed by atoms with Gasteiger partial charge in [0.1, 0.15) is 0 Å². The lowest BCUT2D eigenvalue weighted by Crippen LogP contribution is -2.34. The first-order valence-corrected chi connectivity index (χ1v) is 5.20. The lowest BCUT2D eigenvalue weighted by molar-refractivity contribution is 0.306. The fourth-order valence-electron chi connectivity index (χ4n) is 1.21. The van der Waals surface area contributed by atoms with E-state index in [4.69, 9.17) is 5.26 Å². The topological polar surface area (TPSA) is 39.1 Å². The van der Waals surface area contributed by atoms with Crippen molar-refractivity contribution in [1.29, 1.82) is 5.26 Å². The molecule has 0 radical (unpaired) electrons. The summed E-state index contributed by atoms with van der Waals surface area (Å²) in [7, 11) is 4.14. The van der Waals surface area contributed by atoms with Crippen LogP contribution in [0.1, 0.15) is 26.7 Å². The lowest BCUT2D eigenvalue weighted by atomic mass is 9.88. The Bertz CT molecular complexity index is 179. The summed E-state index contributed by atoms with van der Waals surface area (Å²) in [6.45, 7) is 7.47. The van der Waals surface area contributed by atoms with Gasteiger partial charge in [-0.05, 0) is 25.9 Å². The average molecular weight is 197 g/mol. The van der Waals surface area contributed by atoms with Gasteiger partial charge < -0.3 is 10.2 Å². The maximum atomic E-state index is 8.50. The van der Waals surface area contributed by atoms with Gasteiger partial charge in [-0.3, -0.25) is 0 Å². The van der Waals surface area contributed by atoms with E-state index in [0.717, 1.165) is 26.1 Å². The van der Waals surface area contributed by atoms with E-state index < -0.39 is 0 Å². The van der Waals surface area contributed by atoms with Crippen molar-refractivity contribution in [3.05, 3.63) is 0 Å². The summed E-state index contributed by atoms with van der Waals surface area (Å²) in [5.41, 5.74) is 0.238. The number of rotatable bonds is 7. The smallest absolute Gasteiger partial charge is 0.0621 e. The maximum Gasteiger partial charge on any atom is 0.0621 e. The number of hydrogen-bond acceptors (Lipinski definition) is 3. The first-order valence-electron chi connectivity index (χ1n) is 5.20. The van der Waals surface area contributed by atoms with Gasteiger partial charge in [0.15, 0.2) is 0 Å². The molecule has 0 bridgehead atoms. The van der Waals surface area contributed by atoms with E-state index in [0.29, 0.717) is 6.42 Å². The molecule has 0 fully saturated rings. The minimum atomic E-state index is 0.238. The van der Waals surface area contributed by atoms with Crippen LogP contribution in [-0.4, -0.2) is 38.6 Å². The molecule has 0 heterocycles. The molecule has 3 nitrogen and oxygen atoms in total. The molecule has 0 saturated carbocycles. The second-order valence-corrected chi connectivity index (χ2v) is 4.80. The number of likely N-dealkylation sites (N-methyl/N-ethyl adjacent to an activating group) is 1. The van der Waals surface area contributed by atoms with Crippen molar-refractivity contribution < 1.29 is 0 Å². The third kappa shape index (κ3) is 8.03. The van der Waals surface area contributed by atoms with Gasteiger partial charge in [0.2, 0.25) is 0 Å². The molecule has 0 saturated heterocycles. The zero-order valence-electron chi connectivity index (χ0n) is 9.93. The Kier molecular flexibility index (Phi) is 6.52. The molecule has 82 valence electrons. The molecule has 0 atom stereocenters. The Morgan fingerprint density at radius 2 is 2.00 bits per heavy atom. The number of nitrogens with one attached hydrogen (secondary N) is 1. The quantitative estimate of drug-likeness (QED) is 0.628. The van der Waals surface area contributed by atoms with Gasteiger partial charge in [-0.2, -0.15) is 5.26 Å². The summed E-state index contributed by atoms with van der Waals surface area (Å²) in [5.74, 6) is 0. The Labute approximate surface area is 88.1 Å². The Morgan fingerprint density at radius 1 is 1.36 bits per heavy atom. The lowest BCUT2D eigenvalue weighted by Gasteiger charge is -2.24. The Hall–Kier alpha value is -0.590. The second-order valence-electron chi connectivity index (χ2n) is 4.80. The molecule has 1 N–H and O–H groups in total. The third-order valence-corrected chi connectivity index (χ3v) is 2.25. The van der Waals surface area contributed by atoms with Crippen molar-refractivity contribution in [2.75, 3.05) is 33.7 Å². The summed E-state index contributed by atoms with van der Waals surface area (Å²) >= 11 is 0. The first-order chi connectivity index (χ1) is 6.48. The maximum absolute atomic E-state index is 8.50. The molecule has 0 amide bonds. The van der Waals surface area contributed by atoms with Gasteiger partial charge >= 0.3 is 0 Å². The highest BCUT2D eigenvalue weighted by molar-refractivity contribution is 4.78. The predicted octanol–water partition coefficient (Wildman–Crippen LogP) is 1.47. The molecule has 0 aromatic carbocycles. The number of hydrogen-bond donors (Lipinski definition) is 1. The van der Waals surface area contributed by atoms with Gasteiger partial charge in [0.25, 0.3) is 0 Å². The molecule has 0 aliphatic rings. The van der Waals surface area contributed by atoms with E-state index in [-0.39, 0.29) is 5.41 Å². The van der Waals surface area contributed by atoms with Crippen molar-refractivity contribution >= 4 is 0 Å². The Balaban J connectivity index is 3.51. The first kappa shape index (κ1) is 13.4. The molecule has 0 aromatic rings. The van der Waals surface area contributed by atoms with E-state index in [1.807, 2.05) is 0 Å². The van der Waals surface area contributed by atoms with Crippen molar-refractivity contribution in [3.8, 4) is 6.07 Å². The van der Waals surface area contributed by atoms with E-state index in [1.165, 1.54) is 0 Å². The van der Waals surface area contributed by atoms with Crippen LogP contribution in [0.15, 0.2) is 0 Å². The van der Waals surface area contributed by atoms with Crippen molar-refractivity contribution in [1.82, 2.24) is 10.2 Å². The van der Waals surface area contributed by atoms with Crippen LogP contribution < -0.4 is 5.32 Å². The van der Waals surface area contributed by atoms with Crippen LogP contribution in [-0.2, 0) is 0 Å². The molecule has 0 unspecified atom stereocenters. The molecule has 0 rings (SSSR count). The van der Waals surface area contributed by atoms with Gasteiger partial charge in [0, 0.05) is 26.1 Å². The van der Waals surface area contributed by atoms with Crippen LogP contribution >= 0.6 is 0 Å². The summed E-state index contributed by atoms with van der Waals surface area (Å²) in [6, 6.07) is 2.20. The standard InChI is InChI=1S/C11H23N3/c1-11(2,6-5-7-12)10-13-8-9-14(3)4/h13H,5-6,8-10H2,1-4H3. The number of nitrogens with zero attached hydrogens (tertiary/aromatic N) is 2. The van der Waals surface area contributed by atoms with Gasteiger partial charge in [-0.1, -0.05) is 13.8 Å². The van der Waals surface area contributed by atoms with Crippen LogP contribution in [0.2, 0.25) is 0 Å². The molecular weight excluding hydrogens is 174 g/mol. The summed E-state index contributed by atoms with van der Waals surface area (Å²) < 4.78 is 0. The minimum absolute atomic E-state index is 0.238. The molecule has 0 aliphatic carbocycles. The van der Waals surface area contributed by atoms with Crippen LogP contribution in [0.3, 0.4) is 0 Å². The van der Waals surface area contributed by atoms with E-state index in [2.05, 4.69) is 44.2 Å². The van der Waals surface area contributed by atoms with Gasteiger partial charge in [-0.25, -0.2) is 0 Å². The Morgan fingerprint density at radius 3 is 2.50 bits per heavy atom. The SMILES string of the molecule is CN(C)CCNCC(C)(C)CCC#N. The van der Waals surface area contributed by atoms with Crippen LogP contribution in [0, 0.1) is 16.7 Å². The van der Waals surface area contributed by atoms with Crippen LogP contribution in [0.4, 0.5) is 0 Å². The molecule has 14 heavy (non-hydrogen) atoms. The van der Waals surface area contributed by atoms with Crippen LogP contribution in [0.25, 0.3) is 0 Å². The highest BCUT2D eigenvalue weighted by atomic mass is 15.1. The highest BCUT2D eigenvalue weighted by Crippen LogP contribution is 2.20. The minimum Gasteiger partial charge on any atom is -0.315 e. The second kappa shape index (κ2) is 6.80. The van der Waals surface area contributed by atoms with Crippen molar-refractivity contribution in [2.45, 2.75) is 26.7 Å². The number of nitriles is 1. The molecule has 3 heteroatoms. The zero-order chi connectivity index (χ0) is 11.0. The zero-order valence-corrected chi connectivity index (χ0v) is 9.93. The van der Waals surface area contributed by atoms with Crippen molar-refractivity contribution in [2.24, 2.45) is 5.41 Å². The highest BCUT2D eigenvalue weighted by Gasteiger charge is 2.16. The third-order valence-electron chi connectivity index (χ3n) is 2.25. The fourth-order valence-corrected chi connectivity index (χ4v) is 1.21. The van der Waals surface area contributed by atoms with Gasteiger partial charge in [-0.15, -0.1) is 0 Å². The van der Waals surface area contributed by atoms with E-state index in [9.17, 15) is 0 Å². The normalized spacial score (nSPS) is 11.7. The molecular formula is C11H23N3.